The van der Waals surface area contributed by atoms with E-state index in [1.165, 1.54) is 65.0 Å². The van der Waals surface area contributed by atoms with Gasteiger partial charge in [0.2, 0.25) is 0 Å². The summed E-state index contributed by atoms with van der Waals surface area (Å²) in [6.07, 6.45) is 5.61. The molecule has 17 heavy (non-hydrogen) atoms. The first-order valence-corrected chi connectivity index (χ1v) is 7.53. The molecule has 2 heterocycles. The molecule has 3 nitrogen and oxygen atoms in total. The number of nitrogens with zero attached hydrogens (tertiary/aromatic N) is 2. The van der Waals surface area contributed by atoms with E-state index in [0.29, 0.717) is 0 Å². The molecule has 3 heteroatoms. The normalized spacial score (nSPS) is 29.8. The maximum atomic E-state index is 3.76. The van der Waals surface area contributed by atoms with Crippen LogP contribution in [0.25, 0.3) is 0 Å². The SMILES string of the molecule is CCN(CC)CCNC1CCN2CCCC2C1. The van der Waals surface area contributed by atoms with Crippen LogP contribution in [-0.2, 0) is 0 Å². The summed E-state index contributed by atoms with van der Waals surface area (Å²) in [5.74, 6) is 0. The van der Waals surface area contributed by atoms with Crippen molar-refractivity contribution in [3.8, 4) is 0 Å². The summed E-state index contributed by atoms with van der Waals surface area (Å²) in [6, 6.07) is 1.68. The molecular weight excluding hydrogens is 210 g/mol. The Balaban J connectivity index is 1.63. The largest absolute Gasteiger partial charge is 0.313 e. The lowest BCUT2D eigenvalue weighted by molar-refractivity contribution is 0.164. The van der Waals surface area contributed by atoms with Crippen LogP contribution >= 0.6 is 0 Å². The molecule has 0 aromatic heterocycles. The van der Waals surface area contributed by atoms with Crippen LogP contribution in [-0.4, -0.2) is 61.2 Å². The van der Waals surface area contributed by atoms with E-state index >= 15 is 0 Å². The number of piperidine rings is 1. The molecule has 0 aromatic carbocycles. The number of likely N-dealkylation sites (N-methyl/N-ethyl adjacent to an activating group) is 1. The van der Waals surface area contributed by atoms with E-state index in [-0.39, 0.29) is 0 Å². The van der Waals surface area contributed by atoms with Gasteiger partial charge in [0, 0.05) is 25.2 Å². The van der Waals surface area contributed by atoms with E-state index in [1.54, 1.807) is 0 Å². The van der Waals surface area contributed by atoms with Gasteiger partial charge in [-0.15, -0.1) is 0 Å². The maximum absolute atomic E-state index is 3.76. The minimum atomic E-state index is 0.782. The summed E-state index contributed by atoms with van der Waals surface area (Å²) in [4.78, 5) is 5.19. The Hall–Kier alpha value is -0.120. The number of fused-ring (bicyclic) bond motifs is 1. The zero-order valence-corrected chi connectivity index (χ0v) is 11.6. The van der Waals surface area contributed by atoms with Crippen LogP contribution in [0, 0.1) is 0 Å². The van der Waals surface area contributed by atoms with Crippen molar-refractivity contribution in [2.45, 2.75) is 51.6 Å². The smallest absolute Gasteiger partial charge is 0.0111 e. The van der Waals surface area contributed by atoms with Crippen molar-refractivity contribution in [3.05, 3.63) is 0 Å². The minimum Gasteiger partial charge on any atom is -0.313 e. The predicted molar refractivity (Wildman–Crippen MR) is 73.4 cm³/mol. The Labute approximate surface area is 107 Å². The van der Waals surface area contributed by atoms with E-state index in [0.717, 1.165) is 12.1 Å². The Morgan fingerprint density at radius 2 is 2.00 bits per heavy atom. The molecular formula is C14H29N3. The van der Waals surface area contributed by atoms with Gasteiger partial charge in [-0.3, -0.25) is 0 Å². The van der Waals surface area contributed by atoms with Crippen molar-refractivity contribution in [2.24, 2.45) is 0 Å². The van der Waals surface area contributed by atoms with Crippen molar-refractivity contribution >= 4 is 0 Å². The van der Waals surface area contributed by atoms with E-state index < -0.39 is 0 Å². The van der Waals surface area contributed by atoms with Gasteiger partial charge in [-0.05, 0) is 51.9 Å². The molecule has 0 spiro atoms. The van der Waals surface area contributed by atoms with Gasteiger partial charge in [0.15, 0.2) is 0 Å². The molecule has 2 aliphatic heterocycles. The third kappa shape index (κ3) is 3.67. The van der Waals surface area contributed by atoms with Crippen LogP contribution in [0.4, 0.5) is 0 Å². The second-order valence-corrected chi connectivity index (χ2v) is 5.53. The molecule has 2 unspecified atom stereocenters. The average molecular weight is 239 g/mol. The quantitative estimate of drug-likeness (QED) is 0.758. The van der Waals surface area contributed by atoms with E-state index in [2.05, 4.69) is 29.0 Å². The van der Waals surface area contributed by atoms with Crippen LogP contribution < -0.4 is 5.32 Å². The predicted octanol–water partition coefficient (Wildman–Crippen LogP) is 1.54. The van der Waals surface area contributed by atoms with Gasteiger partial charge in [0.1, 0.15) is 0 Å². The first-order chi connectivity index (χ1) is 8.33. The Morgan fingerprint density at radius 3 is 2.76 bits per heavy atom. The highest BCUT2D eigenvalue weighted by atomic mass is 15.2. The molecule has 0 radical (unpaired) electrons. The van der Waals surface area contributed by atoms with E-state index in [4.69, 9.17) is 0 Å². The van der Waals surface area contributed by atoms with Crippen molar-refractivity contribution in [1.29, 1.82) is 0 Å². The standard InChI is InChI=1S/C14H29N3/c1-3-16(4-2)11-8-15-13-7-10-17-9-5-6-14(17)12-13/h13-15H,3-12H2,1-2H3. The highest BCUT2D eigenvalue weighted by Crippen LogP contribution is 2.26. The Bertz CT molecular complexity index is 216. The fourth-order valence-corrected chi connectivity index (χ4v) is 3.38. The summed E-state index contributed by atoms with van der Waals surface area (Å²) in [6.45, 7) is 11.9. The van der Waals surface area contributed by atoms with Gasteiger partial charge in [-0.25, -0.2) is 0 Å². The van der Waals surface area contributed by atoms with Crippen LogP contribution in [0.5, 0.6) is 0 Å². The molecule has 0 amide bonds. The summed E-state index contributed by atoms with van der Waals surface area (Å²) >= 11 is 0. The minimum absolute atomic E-state index is 0.782. The lowest BCUT2D eigenvalue weighted by Gasteiger charge is -2.35. The molecule has 2 fully saturated rings. The van der Waals surface area contributed by atoms with E-state index in [1.807, 2.05) is 0 Å². The Morgan fingerprint density at radius 1 is 1.18 bits per heavy atom. The lowest BCUT2D eigenvalue weighted by atomic mass is 9.97. The monoisotopic (exact) mass is 239 g/mol. The summed E-state index contributed by atoms with van der Waals surface area (Å²) in [7, 11) is 0. The first kappa shape index (κ1) is 13.3. The first-order valence-electron chi connectivity index (χ1n) is 7.53. The number of hydrogen-bond donors (Lipinski definition) is 1. The molecule has 2 atom stereocenters. The molecule has 0 bridgehead atoms. The van der Waals surface area contributed by atoms with Crippen molar-refractivity contribution in [3.63, 3.8) is 0 Å². The summed E-state index contributed by atoms with van der Waals surface area (Å²) < 4.78 is 0. The molecule has 1 N–H and O–H groups in total. The molecule has 0 saturated carbocycles. The second-order valence-electron chi connectivity index (χ2n) is 5.53. The van der Waals surface area contributed by atoms with Gasteiger partial charge in [-0.2, -0.15) is 0 Å². The number of hydrogen-bond acceptors (Lipinski definition) is 3. The average Bonchev–Trinajstić information content (AvgIpc) is 2.82. The van der Waals surface area contributed by atoms with Gasteiger partial charge in [0.05, 0.1) is 0 Å². The molecule has 0 aromatic rings. The topological polar surface area (TPSA) is 18.5 Å². The summed E-state index contributed by atoms with van der Waals surface area (Å²) in [5, 5.41) is 3.76. The second kappa shape index (κ2) is 6.72. The molecule has 2 rings (SSSR count). The van der Waals surface area contributed by atoms with Crippen LogP contribution in [0.1, 0.15) is 39.5 Å². The van der Waals surface area contributed by atoms with Crippen LogP contribution in [0.15, 0.2) is 0 Å². The van der Waals surface area contributed by atoms with Crippen molar-refractivity contribution in [1.82, 2.24) is 15.1 Å². The van der Waals surface area contributed by atoms with Crippen LogP contribution in [0.3, 0.4) is 0 Å². The highest BCUT2D eigenvalue weighted by molar-refractivity contribution is 4.89. The van der Waals surface area contributed by atoms with Crippen molar-refractivity contribution < 1.29 is 0 Å². The van der Waals surface area contributed by atoms with E-state index in [9.17, 15) is 0 Å². The lowest BCUT2D eigenvalue weighted by Crippen LogP contribution is -2.47. The molecule has 100 valence electrons. The van der Waals surface area contributed by atoms with Gasteiger partial charge < -0.3 is 15.1 Å². The summed E-state index contributed by atoms with van der Waals surface area (Å²) in [5.41, 5.74) is 0. The zero-order chi connectivity index (χ0) is 12.1. The molecule has 2 saturated heterocycles. The fourth-order valence-electron chi connectivity index (χ4n) is 3.38. The number of rotatable bonds is 6. The molecule has 2 aliphatic rings. The number of nitrogens with one attached hydrogen (secondary N) is 1. The highest BCUT2D eigenvalue weighted by Gasteiger charge is 2.31. The third-order valence-corrected chi connectivity index (χ3v) is 4.58. The maximum Gasteiger partial charge on any atom is 0.0111 e. The third-order valence-electron chi connectivity index (χ3n) is 4.58. The van der Waals surface area contributed by atoms with Gasteiger partial charge in [0.25, 0.3) is 0 Å². The molecule has 0 aliphatic carbocycles. The van der Waals surface area contributed by atoms with Gasteiger partial charge in [-0.1, -0.05) is 13.8 Å². The fraction of sp³-hybridized carbons (Fsp3) is 1.00. The Kier molecular flexibility index (Phi) is 5.26. The zero-order valence-electron chi connectivity index (χ0n) is 11.6. The van der Waals surface area contributed by atoms with Crippen molar-refractivity contribution in [2.75, 3.05) is 39.3 Å². The van der Waals surface area contributed by atoms with Crippen LogP contribution in [0.2, 0.25) is 0 Å². The van der Waals surface area contributed by atoms with Gasteiger partial charge >= 0.3 is 0 Å².